The van der Waals surface area contributed by atoms with Gasteiger partial charge in [-0.1, -0.05) is 35.5 Å². The van der Waals surface area contributed by atoms with Crippen LogP contribution >= 0.6 is 11.3 Å². The summed E-state index contributed by atoms with van der Waals surface area (Å²) in [6, 6.07) is 11.3. The maximum Gasteiger partial charge on any atom is 0.227 e. The molecule has 6 nitrogen and oxygen atoms in total. The van der Waals surface area contributed by atoms with Gasteiger partial charge in [0.25, 0.3) is 0 Å². The minimum absolute atomic E-state index is 0.0451. The van der Waals surface area contributed by atoms with Crippen LogP contribution in [0.2, 0.25) is 0 Å². The van der Waals surface area contributed by atoms with Crippen molar-refractivity contribution in [3.8, 4) is 11.4 Å². The Labute approximate surface area is 162 Å². The minimum atomic E-state index is -3.32. The molecule has 1 aromatic carbocycles. The predicted molar refractivity (Wildman–Crippen MR) is 105 cm³/mol. The Morgan fingerprint density at radius 1 is 1.22 bits per heavy atom. The van der Waals surface area contributed by atoms with Crippen molar-refractivity contribution in [1.82, 2.24) is 14.4 Å². The first-order valence-corrected chi connectivity index (χ1v) is 11.5. The topological polar surface area (TPSA) is 76.3 Å². The first kappa shape index (κ1) is 18.3. The van der Waals surface area contributed by atoms with Gasteiger partial charge in [-0.2, -0.15) is 16.3 Å². The van der Waals surface area contributed by atoms with Crippen LogP contribution in [-0.4, -0.2) is 36.0 Å². The van der Waals surface area contributed by atoms with E-state index >= 15 is 0 Å². The Kier molecular flexibility index (Phi) is 5.38. The van der Waals surface area contributed by atoms with E-state index in [-0.39, 0.29) is 11.7 Å². The number of rotatable bonds is 6. The highest BCUT2D eigenvalue weighted by molar-refractivity contribution is 7.88. The van der Waals surface area contributed by atoms with Crippen LogP contribution in [0.1, 0.15) is 24.3 Å². The highest BCUT2D eigenvalue weighted by Gasteiger charge is 2.30. The third-order valence-corrected chi connectivity index (χ3v) is 7.28. The molecule has 4 rings (SSSR count). The summed E-state index contributed by atoms with van der Waals surface area (Å²) in [7, 11) is -3.32. The van der Waals surface area contributed by atoms with Crippen LogP contribution in [0.15, 0.2) is 51.7 Å². The first-order chi connectivity index (χ1) is 13.1. The third-order valence-electron chi connectivity index (χ3n) is 4.78. The second kappa shape index (κ2) is 7.92. The Balaban J connectivity index is 1.41. The maximum atomic E-state index is 12.8. The zero-order valence-corrected chi connectivity index (χ0v) is 16.5. The molecule has 8 heteroatoms. The average molecular weight is 404 g/mol. The molecule has 0 N–H and O–H groups in total. The molecule has 1 atom stereocenters. The van der Waals surface area contributed by atoms with Gasteiger partial charge in [0.2, 0.25) is 21.7 Å². The molecule has 0 aliphatic carbocycles. The number of benzene rings is 1. The van der Waals surface area contributed by atoms with Crippen LogP contribution in [0.4, 0.5) is 0 Å². The molecule has 0 amide bonds. The molecule has 142 valence electrons. The predicted octanol–water partition coefficient (Wildman–Crippen LogP) is 3.58. The van der Waals surface area contributed by atoms with E-state index in [1.54, 1.807) is 15.6 Å². The van der Waals surface area contributed by atoms with Crippen LogP contribution in [0.25, 0.3) is 11.4 Å². The van der Waals surface area contributed by atoms with Gasteiger partial charge in [0.05, 0.1) is 5.75 Å². The Morgan fingerprint density at radius 3 is 2.85 bits per heavy atom. The maximum absolute atomic E-state index is 12.8. The first-order valence-electron chi connectivity index (χ1n) is 8.97. The lowest BCUT2D eigenvalue weighted by atomic mass is 9.96. The van der Waals surface area contributed by atoms with E-state index in [0.717, 1.165) is 24.0 Å². The molecule has 3 heterocycles. The van der Waals surface area contributed by atoms with Crippen LogP contribution < -0.4 is 0 Å². The van der Waals surface area contributed by atoms with Crippen LogP contribution in [0, 0.1) is 5.92 Å². The quantitative estimate of drug-likeness (QED) is 0.629. The number of thiophene rings is 1. The number of hydrogen-bond acceptors (Lipinski definition) is 6. The number of piperidine rings is 1. The number of aromatic nitrogens is 2. The molecular weight excluding hydrogens is 382 g/mol. The summed E-state index contributed by atoms with van der Waals surface area (Å²) in [6.45, 7) is 1.08. The van der Waals surface area contributed by atoms with Crippen LogP contribution in [0.5, 0.6) is 0 Å². The van der Waals surface area contributed by atoms with E-state index in [4.69, 9.17) is 4.52 Å². The van der Waals surface area contributed by atoms with Gasteiger partial charge in [0.15, 0.2) is 0 Å². The zero-order valence-electron chi connectivity index (χ0n) is 14.8. The summed E-state index contributed by atoms with van der Waals surface area (Å²) in [4.78, 5) is 4.46. The monoisotopic (exact) mass is 403 g/mol. The summed E-state index contributed by atoms with van der Waals surface area (Å²) >= 11 is 1.59. The molecule has 1 aliphatic rings. The smallest absolute Gasteiger partial charge is 0.227 e. The summed E-state index contributed by atoms with van der Waals surface area (Å²) in [5, 5.41) is 7.99. The molecule has 27 heavy (non-hydrogen) atoms. The van der Waals surface area contributed by atoms with E-state index in [0.29, 0.717) is 31.2 Å². The number of sulfonamides is 1. The fourth-order valence-corrected chi connectivity index (χ4v) is 5.69. The summed E-state index contributed by atoms with van der Waals surface area (Å²) in [5.74, 6) is 1.41. The van der Waals surface area contributed by atoms with Crippen LogP contribution in [-0.2, 0) is 22.2 Å². The molecule has 3 aromatic rings. The van der Waals surface area contributed by atoms with Gasteiger partial charge in [-0.3, -0.25) is 0 Å². The van der Waals surface area contributed by atoms with Crippen molar-refractivity contribution >= 4 is 21.4 Å². The SMILES string of the molecule is O=S(=O)(Cc1ccccc1)N1CCCC(Cc2nc(-c3ccsc3)no2)C1. The van der Waals surface area contributed by atoms with Gasteiger partial charge >= 0.3 is 0 Å². The molecular formula is C19H21N3O3S2. The van der Waals surface area contributed by atoms with Gasteiger partial charge in [-0.05, 0) is 35.8 Å². The fraction of sp³-hybridized carbons (Fsp3) is 0.368. The van der Waals surface area contributed by atoms with Crippen molar-refractivity contribution in [2.24, 2.45) is 5.92 Å². The minimum Gasteiger partial charge on any atom is -0.339 e. The Morgan fingerprint density at radius 2 is 2.07 bits per heavy atom. The second-order valence-electron chi connectivity index (χ2n) is 6.84. The van der Waals surface area contributed by atoms with E-state index in [1.165, 1.54) is 0 Å². The number of nitrogens with zero attached hydrogens (tertiary/aromatic N) is 3. The van der Waals surface area contributed by atoms with Crippen molar-refractivity contribution in [1.29, 1.82) is 0 Å². The lowest BCUT2D eigenvalue weighted by Crippen LogP contribution is -2.41. The van der Waals surface area contributed by atoms with Crippen LogP contribution in [0.3, 0.4) is 0 Å². The van der Waals surface area contributed by atoms with Gasteiger partial charge in [-0.25, -0.2) is 12.7 Å². The lowest BCUT2D eigenvalue weighted by Gasteiger charge is -2.31. The summed E-state index contributed by atoms with van der Waals surface area (Å²) in [5.41, 5.74) is 1.77. The normalized spacial score (nSPS) is 18.6. The highest BCUT2D eigenvalue weighted by atomic mass is 32.2. The standard InChI is InChI=1S/C19H21N3O3S2/c23-27(24,14-15-5-2-1-3-6-15)22-9-4-7-16(12-22)11-18-20-19(21-25-18)17-8-10-26-13-17/h1-3,5-6,8,10,13,16H,4,7,9,11-12,14H2. The van der Waals surface area contributed by atoms with Gasteiger partial charge in [0, 0.05) is 30.5 Å². The van der Waals surface area contributed by atoms with E-state index in [9.17, 15) is 8.42 Å². The third kappa shape index (κ3) is 4.45. The molecule has 1 unspecified atom stereocenters. The van der Waals surface area contributed by atoms with Gasteiger partial charge in [-0.15, -0.1) is 0 Å². The van der Waals surface area contributed by atoms with E-state index in [2.05, 4.69) is 10.1 Å². The summed E-state index contributed by atoms with van der Waals surface area (Å²) < 4.78 is 32.6. The highest BCUT2D eigenvalue weighted by Crippen LogP contribution is 2.25. The molecule has 0 spiro atoms. The average Bonchev–Trinajstić information content (AvgIpc) is 3.34. The Bertz CT molecular complexity index is 969. The molecule has 2 aromatic heterocycles. The van der Waals surface area contributed by atoms with Crippen molar-refractivity contribution in [2.45, 2.75) is 25.0 Å². The largest absolute Gasteiger partial charge is 0.339 e. The zero-order chi connectivity index (χ0) is 18.7. The van der Waals surface area contributed by atoms with Crippen molar-refractivity contribution in [3.63, 3.8) is 0 Å². The van der Waals surface area contributed by atoms with Gasteiger partial charge < -0.3 is 4.52 Å². The summed E-state index contributed by atoms with van der Waals surface area (Å²) in [6.07, 6.45) is 2.42. The van der Waals surface area contributed by atoms with Crippen molar-refractivity contribution in [3.05, 3.63) is 58.6 Å². The Hall–Kier alpha value is -2.03. The van der Waals surface area contributed by atoms with Gasteiger partial charge in [0.1, 0.15) is 0 Å². The molecule has 1 saturated heterocycles. The molecule has 1 fully saturated rings. The van der Waals surface area contributed by atoms with Crippen molar-refractivity contribution in [2.75, 3.05) is 13.1 Å². The molecule has 0 saturated carbocycles. The molecule has 0 radical (unpaired) electrons. The van der Waals surface area contributed by atoms with E-state index < -0.39 is 10.0 Å². The van der Waals surface area contributed by atoms with Crippen molar-refractivity contribution < 1.29 is 12.9 Å². The molecule has 1 aliphatic heterocycles. The fourth-order valence-electron chi connectivity index (χ4n) is 3.42. The lowest BCUT2D eigenvalue weighted by molar-refractivity contribution is 0.247. The number of hydrogen-bond donors (Lipinski definition) is 0. The molecule has 0 bridgehead atoms. The van der Waals surface area contributed by atoms with E-state index in [1.807, 2.05) is 47.2 Å². The second-order valence-corrected chi connectivity index (χ2v) is 9.58.